The van der Waals surface area contributed by atoms with E-state index >= 15 is 0 Å². The lowest BCUT2D eigenvalue weighted by molar-refractivity contribution is -0.116. The van der Waals surface area contributed by atoms with E-state index in [2.05, 4.69) is 5.32 Å². The van der Waals surface area contributed by atoms with Gasteiger partial charge in [0.25, 0.3) is 5.91 Å². The average molecular weight is 351 g/mol. The van der Waals surface area contributed by atoms with E-state index in [9.17, 15) is 9.59 Å². The number of carbonyl (C=O) groups is 2. The van der Waals surface area contributed by atoms with Crippen LogP contribution in [0.15, 0.2) is 48.5 Å². The monoisotopic (exact) mass is 350 g/mol. The third-order valence-electron chi connectivity index (χ3n) is 3.25. The fourth-order valence-electron chi connectivity index (χ4n) is 2.09. The zero-order chi connectivity index (χ0) is 16.8. The van der Waals surface area contributed by atoms with E-state index in [0.29, 0.717) is 34.4 Å². The topological polar surface area (TPSA) is 49.4 Å². The molecule has 120 valence electrons. The number of benzene rings is 2. The summed E-state index contributed by atoms with van der Waals surface area (Å²) in [6.07, 6.45) is 0. The average Bonchev–Trinajstić information content (AvgIpc) is 2.54. The predicted octanol–water partition coefficient (Wildman–Crippen LogP) is 3.78. The number of hydrogen-bond acceptors (Lipinski definition) is 2. The van der Waals surface area contributed by atoms with Gasteiger partial charge in [-0.25, -0.2) is 0 Å². The molecule has 0 fully saturated rings. The molecule has 2 aromatic rings. The SMILES string of the molecule is CC(=O)N(CCNC(=O)c1ccccc1)c1ccc(Cl)c(Cl)c1. The summed E-state index contributed by atoms with van der Waals surface area (Å²) in [6, 6.07) is 13.9. The quantitative estimate of drug-likeness (QED) is 0.891. The number of rotatable bonds is 5. The van der Waals surface area contributed by atoms with Crippen LogP contribution in [0.3, 0.4) is 0 Å². The number of nitrogens with one attached hydrogen (secondary N) is 1. The van der Waals surface area contributed by atoms with Crippen LogP contribution in [0.5, 0.6) is 0 Å². The van der Waals surface area contributed by atoms with Crippen LogP contribution in [0.25, 0.3) is 0 Å². The van der Waals surface area contributed by atoms with Crippen LogP contribution in [-0.4, -0.2) is 24.9 Å². The standard InChI is InChI=1S/C17H16Cl2N2O2/c1-12(22)21(14-7-8-15(18)16(19)11-14)10-9-20-17(23)13-5-3-2-4-6-13/h2-8,11H,9-10H2,1H3,(H,20,23). The largest absolute Gasteiger partial charge is 0.350 e. The van der Waals surface area contributed by atoms with Crippen molar-refractivity contribution >= 4 is 40.7 Å². The Morgan fingerprint density at radius 2 is 1.74 bits per heavy atom. The fourth-order valence-corrected chi connectivity index (χ4v) is 2.39. The Kier molecular flexibility index (Phi) is 6.02. The van der Waals surface area contributed by atoms with Gasteiger partial charge >= 0.3 is 0 Å². The highest BCUT2D eigenvalue weighted by atomic mass is 35.5. The molecule has 2 amide bonds. The molecule has 0 aromatic heterocycles. The number of hydrogen-bond donors (Lipinski definition) is 1. The molecule has 6 heteroatoms. The summed E-state index contributed by atoms with van der Waals surface area (Å²) < 4.78 is 0. The van der Waals surface area contributed by atoms with Crippen LogP contribution in [0.1, 0.15) is 17.3 Å². The molecule has 0 radical (unpaired) electrons. The highest BCUT2D eigenvalue weighted by Crippen LogP contribution is 2.27. The van der Waals surface area contributed by atoms with Gasteiger partial charge in [-0.3, -0.25) is 9.59 Å². The molecule has 0 bridgehead atoms. The number of halogens is 2. The van der Waals surface area contributed by atoms with Gasteiger partial charge in [-0.05, 0) is 30.3 Å². The molecule has 0 heterocycles. The van der Waals surface area contributed by atoms with E-state index in [1.54, 1.807) is 42.5 Å². The smallest absolute Gasteiger partial charge is 0.251 e. The summed E-state index contributed by atoms with van der Waals surface area (Å²) in [5, 5.41) is 3.59. The summed E-state index contributed by atoms with van der Waals surface area (Å²) >= 11 is 11.9. The fraction of sp³-hybridized carbons (Fsp3) is 0.176. The van der Waals surface area contributed by atoms with Gasteiger partial charge in [0.15, 0.2) is 0 Å². The van der Waals surface area contributed by atoms with Gasteiger partial charge in [0.1, 0.15) is 0 Å². The summed E-state index contributed by atoms with van der Waals surface area (Å²) in [4.78, 5) is 25.3. The molecule has 0 saturated heterocycles. The molecule has 23 heavy (non-hydrogen) atoms. The molecule has 2 rings (SSSR count). The Morgan fingerprint density at radius 1 is 1.04 bits per heavy atom. The van der Waals surface area contributed by atoms with E-state index in [4.69, 9.17) is 23.2 Å². The molecule has 0 spiro atoms. The molecule has 4 nitrogen and oxygen atoms in total. The maximum absolute atomic E-state index is 12.0. The summed E-state index contributed by atoms with van der Waals surface area (Å²) in [5.41, 5.74) is 1.22. The van der Waals surface area contributed by atoms with Gasteiger partial charge in [0, 0.05) is 31.3 Å². The second kappa shape index (κ2) is 7.99. The van der Waals surface area contributed by atoms with Crippen molar-refractivity contribution < 1.29 is 9.59 Å². The lowest BCUT2D eigenvalue weighted by Gasteiger charge is -2.22. The lowest BCUT2D eigenvalue weighted by Crippen LogP contribution is -2.37. The maximum Gasteiger partial charge on any atom is 0.251 e. The van der Waals surface area contributed by atoms with E-state index < -0.39 is 0 Å². The van der Waals surface area contributed by atoms with Crippen LogP contribution >= 0.6 is 23.2 Å². The first-order valence-corrected chi connectivity index (χ1v) is 7.81. The van der Waals surface area contributed by atoms with Crippen molar-refractivity contribution in [3.63, 3.8) is 0 Å². The lowest BCUT2D eigenvalue weighted by atomic mass is 10.2. The van der Waals surface area contributed by atoms with Crippen molar-refractivity contribution in [1.82, 2.24) is 5.32 Å². The van der Waals surface area contributed by atoms with Crippen molar-refractivity contribution in [2.24, 2.45) is 0 Å². The van der Waals surface area contributed by atoms with Crippen molar-refractivity contribution in [2.45, 2.75) is 6.92 Å². The zero-order valence-electron chi connectivity index (χ0n) is 12.6. The van der Waals surface area contributed by atoms with Gasteiger partial charge in [-0.15, -0.1) is 0 Å². The van der Waals surface area contributed by atoms with Crippen molar-refractivity contribution in [3.05, 3.63) is 64.1 Å². The maximum atomic E-state index is 12.0. The minimum atomic E-state index is -0.178. The first-order chi connectivity index (χ1) is 11.0. The highest BCUT2D eigenvalue weighted by molar-refractivity contribution is 6.42. The summed E-state index contributed by atoms with van der Waals surface area (Å²) in [5.74, 6) is -0.319. The zero-order valence-corrected chi connectivity index (χ0v) is 14.1. The molecule has 0 aliphatic heterocycles. The minimum Gasteiger partial charge on any atom is -0.350 e. The van der Waals surface area contributed by atoms with Crippen LogP contribution in [-0.2, 0) is 4.79 Å². The van der Waals surface area contributed by atoms with Crippen LogP contribution in [0.2, 0.25) is 10.0 Å². The molecule has 0 atom stereocenters. The van der Waals surface area contributed by atoms with Gasteiger partial charge in [0.05, 0.1) is 10.0 Å². The van der Waals surface area contributed by atoms with Crippen LogP contribution in [0.4, 0.5) is 5.69 Å². The normalized spacial score (nSPS) is 10.2. The van der Waals surface area contributed by atoms with Crippen molar-refractivity contribution in [1.29, 1.82) is 0 Å². The third kappa shape index (κ3) is 4.71. The summed E-state index contributed by atoms with van der Waals surface area (Å²) in [6.45, 7) is 2.13. The Labute approximate surface area is 145 Å². The molecular weight excluding hydrogens is 335 g/mol. The molecule has 2 aromatic carbocycles. The number of anilines is 1. The third-order valence-corrected chi connectivity index (χ3v) is 3.99. The molecule has 1 N–H and O–H groups in total. The van der Waals surface area contributed by atoms with Crippen molar-refractivity contribution in [3.8, 4) is 0 Å². The molecular formula is C17H16Cl2N2O2. The van der Waals surface area contributed by atoms with Crippen LogP contribution in [0, 0.1) is 0 Å². The Bertz CT molecular complexity index is 705. The number of carbonyl (C=O) groups excluding carboxylic acids is 2. The van der Waals surface area contributed by atoms with Crippen LogP contribution < -0.4 is 10.2 Å². The van der Waals surface area contributed by atoms with Crippen molar-refractivity contribution in [2.75, 3.05) is 18.0 Å². The first kappa shape index (κ1) is 17.3. The second-order valence-corrected chi connectivity index (χ2v) is 5.71. The Hall–Kier alpha value is -2.04. The highest BCUT2D eigenvalue weighted by Gasteiger charge is 2.13. The van der Waals surface area contributed by atoms with Gasteiger partial charge in [-0.1, -0.05) is 41.4 Å². The predicted molar refractivity (Wildman–Crippen MR) is 93.3 cm³/mol. The Morgan fingerprint density at radius 3 is 2.35 bits per heavy atom. The van der Waals surface area contributed by atoms with E-state index in [1.807, 2.05) is 6.07 Å². The molecule has 0 unspecified atom stereocenters. The molecule has 0 aliphatic rings. The first-order valence-electron chi connectivity index (χ1n) is 7.05. The minimum absolute atomic E-state index is 0.141. The number of amides is 2. The number of nitrogens with zero attached hydrogens (tertiary/aromatic N) is 1. The van der Waals surface area contributed by atoms with Gasteiger partial charge in [0.2, 0.25) is 5.91 Å². The van der Waals surface area contributed by atoms with E-state index in [-0.39, 0.29) is 11.8 Å². The Balaban J connectivity index is 1.99. The molecule has 0 aliphatic carbocycles. The second-order valence-electron chi connectivity index (χ2n) is 4.89. The molecule has 0 saturated carbocycles. The van der Waals surface area contributed by atoms with Gasteiger partial charge in [-0.2, -0.15) is 0 Å². The van der Waals surface area contributed by atoms with E-state index in [0.717, 1.165) is 0 Å². The van der Waals surface area contributed by atoms with Gasteiger partial charge < -0.3 is 10.2 Å². The van der Waals surface area contributed by atoms with E-state index in [1.165, 1.54) is 11.8 Å². The summed E-state index contributed by atoms with van der Waals surface area (Å²) in [7, 11) is 0.